The van der Waals surface area contributed by atoms with E-state index < -0.39 is 13.9 Å². The molecule has 1 atom stereocenters. The maximum atomic E-state index is 7.13. The molecule has 0 N–H and O–H groups in total. The highest BCUT2D eigenvalue weighted by atomic mass is 28.4. The van der Waals surface area contributed by atoms with Crippen LogP contribution in [-0.4, -0.2) is 13.9 Å². The lowest BCUT2D eigenvalue weighted by molar-refractivity contribution is 0.00691. The Morgan fingerprint density at radius 1 is 1.11 bits per heavy atom. The fourth-order valence-corrected chi connectivity index (χ4v) is 5.12. The summed E-state index contributed by atoms with van der Waals surface area (Å²) in [6.07, 6.45) is 13.0. The SMILES string of the molecule is C=C1C#CC2(O[Si](C)(C)C(C)(C)C)CCC=C(/C=C\C(C)=C/CC1)C2(C)C. The molecule has 0 aromatic heterocycles. The van der Waals surface area contributed by atoms with E-state index in [1.54, 1.807) is 0 Å². The van der Waals surface area contributed by atoms with Crippen LogP contribution in [0.25, 0.3) is 0 Å². The van der Waals surface area contributed by atoms with Crippen molar-refractivity contribution in [1.82, 2.24) is 0 Å². The molecule has 0 heterocycles. The van der Waals surface area contributed by atoms with E-state index in [1.807, 2.05) is 0 Å². The highest BCUT2D eigenvalue weighted by molar-refractivity contribution is 6.74. The molecule has 2 aliphatic rings. The summed E-state index contributed by atoms with van der Waals surface area (Å²) >= 11 is 0. The average molecular weight is 383 g/mol. The molecule has 0 radical (unpaired) electrons. The molecule has 2 rings (SSSR count). The lowest BCUT2D eigenvalue weighted by Crippen LogP contribution is -2.57. The molecule has 0 amide bonds. The van der Waals surface area contributed by atoms with E-state index in [-0.39, 0.29) is 10.5 Å². The highest BCUT2D eigenvalue weighted by Crippen LogP contribution is 2.51. The summed E-state index contributed by atoms with van der Waals surface area (Å²) in [5, 5.41) is 0.149. The zero-order valence-electron chi connectivity index (χ0n) is 18.8. The minimum atomic E-state index is -1.99. The summed E-state index contributed by atoms with van der Waals surface area (Å²) in [5.74, 6) is 7.04. The lowest BCUT2D eigenvalue weighted by atomic mass is 9.64. The van der Waals surface area contributed by atoms with Gasteiger partial charge in [-0.2, -0.15) is 0 Å². The molecule has 0 aliphatic heterocycles. The Kier molecular flexibility index (Phi) is 6.20. The van der Waals surface area contributed by atoms with Crippen molar-refractivity contribution < 1.29 is 4.43 Å². The third kappa shape index (κ3) is 4.58. The van der Waals surface area contributed by atoms with Crippen molar-refractivity contribution in [2.24, 2.45) is 5.41 Å². The van der Waals surface area contributed by atoms with Gasteiger partial charge < -0.3 is 4.43 Å². The van der Waals surface area contributed by atoms with Gasteiger partial charge in [-0.25, -0.2) is 0 Å². The smallest absolute Gasteiger partial charge is 0.194 e. The second-order valence-corrected chi connectivity index (χ2v) is 14.9. The highest BCUT2D eigenvalue weighted by Gasteiger charge is 2.53. The van der Waals surface area contributed by atoms with Crippen molar-refractivity contribution in [3.8, 4) is 11.8 Å². The van der Waals surface area contributed by atoms with Crippen LogP contribution in [0.4, 0.5) is 0 Å². The fraction of sp³-hybridized carbons (Fsp3) is 0.600. The molecule has 0 aromatic carbocycles. The number of allylic oxidation sites excluding steroid dienone is 6. The Morgan fingerprint density at radius 2 is 1.78 bits per heavy atom. The second kappa shape index (κ2) is 7.61. The van der Waals surface area contributed by atoms with Crippen LogP contribution in [0.1, 0.15) is 67.2 Å². The summed E-state index contributed by atoms with van der Waals surface area (Å²) < 4.78 is 7.13. The minimum Gasteiger partial charge on any atom is -0.400 e. The van der Waals surface area contributed by atoms with Gasteiger partial charge >= 0.3 is 0 Å². The fourth-order valence-electron chi connectivity index (χ4n) is 3.53. The van der Waals surface area contributed by atoms with Crippen LogP contribution in [0.3, 0.4) is 0 Å². The zero-order valence-corrected chi connectivity index (χ0v) is 19.8. The molecule has 2 bridgehead atoms. The first-order chi connectivity index (χ1) is 12.3. The molecule has 27 heavy (non-hydrogen) atoms. The van der Waals surface area contributed by atoms with Gasteiger partial charge in [0.05, 0.1) is 0 Å². The predicted molar refractivity (Wildman–Crippen MR) is 121 cm³/mol. The molecule has 148 valence electrons. The largest absolute Gasteiger partial charge is 0.400 e. The van der Waals surface area contributed by atoms with Gasteiger partial charge in [-0.15, -0.1) is 0 Å². The minimum absolute atomic E-state index is 0.149. The van der Waals surface area contributed by atoms with Crippen molar-refractivity contribution >= 4 is 8.32 Å². The van der Waals surface area contributed by atoms with Crippen molar-refractivity contribution in [3.05, 3.63) is 47.6 Å². The van der Waals surface area contributed by atoms with Gasteiger partial charge in [-0.1, -0.05) is 82.9 Å². The third-order valence-corrected chi connectivity index (χ3v) is 11.2. The summed E-state index contributed by atoms with van der Waals surface area (Å²) in [4.78, 5) is 0. The Bertz CT molecular complexity index is 743. The van der Waals surface area contributed by atoms with Crippen LogP contribution in [0, 0.1) is 17.3 Å². The van der Waals surface area contributed by atoms with Gasteiger partial charge in [-0.3, -0.25) is 0 Å². The van der Waals surface area contributed by atoms with Crippen LogP contribution >= 0.6 is 0 Å². The second-order valence-electron chi connectivity index (χ2n) is 10.2. The van der Waals surface area contributed by atoms with Gasteiger partial charge in [0.2, 0.25) is 0 Å². The van der Waals surface area contributed by atoms with Crippen LogP contribution < -0.4 is 0 Å². The zero-order chi connectivity index (χ0) is 20.5. The van der Waals surface area contributed by atoms with E-state index in [4.69, 9.17) is 4.43 Å². The Hall–Kier alpha value is -1.30. The summed E-state index contributed by atoms with van der Waals surface area (Å²) in [7, 11) is -1.99. The average Bonchev–Trinajstić information content (AvgIpc) is 2.52. The van der Waals surface area contributed by atoms with Crippen molar-refractivity contribution in [1.29, 1.82) is 0 Å². The van der Waals surface area contributed by atoms with Crippen molar-refractivity contribution in [2.45, 2.75) is 91.0 Å². The predicted octanol–water partition coefficient (Wildman–Crippen LogP) is 7.35. The van der Waals surface area contributed by atoms with E-state index in [1.165, 1.54) is 11.1 Å². The van der Waals surface area contributed by atoms with Crippen LogP contribution in [0.5, 0.6) is 0 Å². The quantitative estimate of drug-likeness (QED) is 0.358. The van der Waals surface area contributed by atoms with Crippen LogP contribution in [0.15, 0.2) is 47.6 Å². The maximum Gasteiger partial charge on any atom is 0.194 e. The molecule has 0 fully saturated rings. The van der Waals surface area contributed by atoms with Gasteiger partial charge in [0, 0.05) is 5.41 Å². The number of hydrogen-bond acceptors (Lipinski definition) is 1. The van der Waals surface area contributed by atoms with Crippen molar-refractivity contribution in [3.63, 3.8) is 0 Å². The lowest BCUT2D eigenvalue weighted by Gasteiger charge is -2.52. The van der Waals surface area contributed by atoms with E-state index in [9.17, 15) is 0 Å². The van der Waals surface area contributed by atoms with E-state index in [0.717, 1.165) is 31.3 Å². The molecule has 1 nitrogen and oxygen atoms in total. The van der Waals surface area contributed by atoms with Gasteiger partial charge in [0.15, 0.2) is 8.32 Å². The molecule has 1 unspecified atom stereocenters. The van der Waals surface area contributed by atoms with E-state index >= 15 is 0 Å². The molecule has 2 aliphatic carbocycles. The first-order valence-corrected chi connectivity index (χ1v) is 13.2. The van der Waals surface area contributed by atoms with E-state index in [0.29, 0.717) is 0 Å². The summed E-state index contributed by atoms with van der Waals surface area (Å²) in [5.41, 5.74) is 3.00. The Labute approximate surface area is 168 Å². The first-order valence-electron chi connectivity index (χ1n) is 10.3. The van der Waals surface area contributed by atoms with Crippen LogP contribution in [-0.2, 0) is 4.43 Å². The normalized spacial score (nSPS) is 29.3. The Morgan fingerprint density at radius 3 is 2.41 bits per heavy atom. The Balaban J connectivity index is 2.63. The number of rotatable bonds is 2. The molecule has 0 saturated carbocycles. The van der Waals surface area contributed by atoms with Crippen molar-refractivity contribution in [2.75, 3.05) is 0 Å². The van der Waals surface area contributed by atoms with Gasteiger partial charge in [0.25, 0.3) is 0 Å². The standard InChI is InChI=1S/C25H38OSi/c1-20-12-10-13-21(2)17-19-25(26-27(8,9)23(3,4)5)18-11-14-22(16-15-20)24(25,6)7/h12,14-16H,2,10-11,13,18H2,1,3-9H3/b16-15-,20-12-. The maximum absolute atomic E-state index is 7.13. The molecular formula is C25H38OSi. The topological polar surface area (TPSA) is 9.23 Å². The summed E-state index contributed by atoms with van der Waals surface area (Å²) in [6.45, 7) is 22.6. The van der Waals surface area contributed by atoms with Gasteiger partial charge in [-0.05, 0) is 61.9 Å². The third-order valence-electron chi connectivity index (χ3n) is 6.71. The number of fused-ring (bicyclic) bond motifs is 2. The first kappa shape index (κ1) is 22.0. The monoisotopic (exact) mass is 382 g/mol. The molecule has 2 heteroatoms. The van der Waals surface area contributed by atoms with E-state index in [2.05, 4.69) is 97.4 Å². The molecule has 0 saturated heterocycles. The number of hydrogen-bond donors (Lipinski definition) is 0. The molecule has 0 spiro atoms. The van der Waals surface area contributed by atoms with Gasteiger partial charge in [0.1, 0.15) is 5.60 Å². The molecular weight excluding hydrogens is 344 g/mol. The summed E-state index contributed by atoms with van der Waals surface area (Å²) in [6, 6.07) is 0. The molecule has 0 aromatic rings. The van der Waals surface area contributed by atoms with Crippen LogP contribution in [0.2, 0.25) is 18.1 Å².